The van der Waals surface area contributed by atoms with Crippen molar-refractivity contribution in [2.24, 2.45) is 0 Å². The van der Waals surface area contributed by atoms with E-state index in [4.69, 9.17) is 16.3 Å². The van der Waals surface area contributed by atoms with Crippen LogP contribution in [0.5, 0.6) is 5.75 Å². The maximum Gasteiger partial charge on any atom is 0.255 e. The first-order valence-corrected chi connectivity index (χ1v) is 9.56. The van der Waals surface area contributed by atoms with Crippen molar-refractivity contribution in [3.63, 3.8) is 0 Å². The molecule has 7 nitrogen and oxygen atoms in total. The topological polar surface area (TPSA) is 81.9 Å². The van der Waals surface area contributed by atoms with Crippen LogP contribution in [0.1, 0.15) is 15.9 Å². The molecular formula is C22H18ClN5O2. The summed E-state index contributed by atoms with van der Waals surface area (Å²) < 4.78 is 5.12. The van der Waals surface area contributed by atoms with Crippen molar-refractivity contribution in [2.75, 3.05) is 12.4 Å². The number of tetrazole rings is 1. The summed E-state index contributed by atoms with van der Waals surface area (Å²) in [7, 11) is 1.60. The van der Waals surface area contributed by atoms with Crippen molar-refractivity contribution in [1.82, 2.24) is 20.2 Å². The zero-order chi connectivity index (χ0) is 20.9. The van der Waals surface area contributed by atoms with Gasteiger partial charge in [0.2, 0.25) is 5.82 Å². The van der Waals surface area contributed by atoms with Gasteiger partial charge in [0.25, 0.3) is 5.91 Å². The molecule has 0 saturated carbocycles. The molecule has 0 aliphatic carbocycles. The van der Waals surface area contributed by atoms with Gasteiger partial charge in [-0.1, -0.05) is 23.7 Å². The van der Waals surface area contributed by atoms with Crippen LogP contribution < -0.4 is 10.1 Å². The Kier molecular flexibility index (Phi) is 5.72. The molecule has 1 N–H and O–H groups in total. The third kappa shape index (κ3) is 4.64. The molecule has 0 saturated heterocycles. The van der Waals surface area contributed by atoms with Gasteiger partial charge in [0.1, 0.15) is 5.75 Å². The normalized spacial score (nSPS) is 10.6. The van der Waals surface area contributed by atoms with Crippen LogP contribution in [-0.4, -0.2) is 33.2 Å². The molecule has 8 heteroatoms. The fourth-order valence-electron chi connectivity index (χ4n) is 2.83. The number of hydrogen-bond acceptors (Lipinski definition) is 5. The molecule has 0 atom stereocenters. The highest BCUT2D eigenvalue weighted by Gasteiger charge is 2.09. The average molecular weight is 420 g/mol. The van der Waals surface area contributed by atoms with Crippen LogP contribution >= 0.6 is 11.6 Å². The number of hydrogen-bond donors (Lipinski definition) is 1. The molecule has 1 aromatic heterocycles. The lowest BCUT2D eigenvalue weighted by Crippen LogP contribution is -2.12. The minimum atomic E-state index is -0.185. The van der Waals surface area contributed by atoms with Gasteiger partial charge in [-0.2, -0.15) is 4.80 Å². The molecule has 0 unspecified atom stereocenters. The zero-order valence-corrected chi connectivity index (χ0v) is 16.9. The van der Waals surface area contributed by atoms with E-state index in [9.17, 15) is 4.79 Å². The number of ether oxygens (including phenoxy) is 1. The Morgan fingerprint density at radius 1 is 1.00 bits per heavy atom. The van der Waals surface area contributed by atoms with Gasteiger partial charge in [0, 0.05) is 21.8 Å². The molecule has 1 heterocycles. The average Bonchev–Trinajstić information content (AvgIpc) is 3.23. The van der Waals surface area contributed by atoms with Gasteiger partial charge in [-0.3, -0.25) is 4.79 Å². The second-order valence-corrected chi connectivity index (χ2v) is 6.97. The van der Waals surface area contributed by atoms with E-state index in [1.165, 1.54) is 4.80 Å². The van der Waals surface area contributed by atoms with E-state index in [0.29, 0.717) is 28.6 Å². The first-order valence-electron chi connectivity index (χ1n) is 9.19. The van der Waals surface area contributed by atoms with Crippen LogP contribution in [0.2, 0.25) is 5.02 Å². The number of amides is 1. The largest absolute Gasteiger partial charge is 0.497 e. The van der Waals surface area contributed by atoms with Crippen molar-refractivity contribution in [1.29, 1.82) is 0 Å². The van der Waals surface area contributed by atoms with Crippen LogP contribution in [0.15, 0.2) is 72.8 Å². The predicted octanol–water partition coefficient (Wildman–Crippen LogP) is 4.30. The lowest BCUT2D eigenvalue weighted by Gasteiger charge is -2.07. The van der Waals surface area contributed by atoms with Crippen molar-refractivity contribution in [3.05, 3.63) is 88.9 Å². The molecule has 0 bridgehead atoms. The summed E-state index contributed by atoms with van der Waals surface area (Å²) in [5.41, 5.74) is 3.06. The van der Waals surface area contributed by atoms with Crippen LogP contribution in [0.25, 0.3) is 11.4 Å². The van der Waals surface area contributed by atoms with Gasteiger partial charge >= 0.3 is 0 Å². The number of anilines is 1. The van der Waals surface area contributed by atoms with E-state index in [0.717, 1.165) is 16.9 Å². The van der Waals surface area contributed by atoms with Crippen molar-refractivity contribution in [2.45, 2.75) is 6.54 Å². The summed E-state index contributed by atoms with van der Waals surface area (Å²) in [6.07, 6.45) is 0. The second kappa shape index (κ2) is 8.75. The van der Waals surface area contributed by atoms with Gasteiger partial charge in [0.05, 0.1) is 13.7 Å². The summed E-state index contributed by atoms with van der Waals surface area (Å²) in [5.74, 6) is 1.08. The zero-order valence-electron chi connectivity index (χ0n) is 16.1. The minimum Gasteiger partial charge on any atom is -0.497 e. The molecule has 1 amide bonds. The lowest BCUT2D eigenvalue weighted by atomic mass is 10.1. The summed E-state index contributed by atoms with van der Waals surface area (Å²) >= 11 is 5.91. The van der Waals surface area contributed by atoms with E-state index < -0.39 is 0 Å². The summed E-state index contributed by atoms with van der Waals surface area (Å²) in [6.45, 7) is 0.445. The Labute approximate surface area is 178 Å². The number of nitrogens with one attached hydrogen (secondary N) is 1. The van der Waals surface area contributed by atoms with Crippen molar-refractivity contribution in [3.8, 4) is 17.1 Å². The highest BCUT2D eigenvalue weighted by Crippen LogP contribution is 2.18. The first kappa shape index (κ1) is 19.6. The molecule has 4 rings (SSSR count). The van der Waals surface area contributed by atoms with Gasteiger partial charge in [0.15, 0.2) is 0 Å². The molecule has 150 valence electrons. The van der Waals surface area contributed by atoms with E-state index in [2.05, 4.69) is 20.7 Å². The predicted molar refractivity (Wildman–Crippen MR) is 115 cm³/mol. The number of nitrogens with zero attached hydrogens (tertiary/aromatic N) is 4. The third-order valence-electron chi connectivity index (χ3n) is 4.44. The SMILES string of the molecule is COc1ccc(NC(=O)c2ccc(Cn3nnc(-c4ccc(Cl)cc4)n3)cc2)cc1. The molecule has 4 aromatic rings. The van der Waals surface area contributed by atoms with E-state index >= 15 is 0 Å². The Morgan fingerprint density at radius 2 is 1.70 bits per heavy atom. The first-order chi connectivity index (χ1) is 14.6. The minimum absolute atomic E-state index is 0.185. The maximum atomic E-state index is 12.4. The number of methoxy groups -OCH3 is 1. The van der Waals surface area contributed by atoms with E-state index in [1.54, 1.807) is 55.6 Å². The van der Waals surface area contributed by atoms with E-state index in [-0.39, 0.29) is 5.91 Å². The van der Waals surface area contributed by atoms with Crippen LogP contribution in [0.4, 0.5) is 5.69 Å². The van der Waals surface area contributed by atoms with Crippen molar-refractivity contribution < 1.29 is 9.53 Å². The molecule has 0 fully saturated rings. The fraction of sp³-hybridized carbons (Fsp3) is 0.0909. The fourth-order valence-corrected chi connectivity index (χ4v) is 2.95. The number of benzene rings is 3. The highest BCUT2D eigenvalue weighted by molar-refractivity contribution is 6.30. The Balaban J connectivity index is 1.39. The number of rotatable bonds is 6. The van der Waals surface area contributed by atoms with Crippen LogP contribution in [0, 0.1) is 0 Å². The summed E-state index contributed by atoms with van der Waals surface area (Å²) in [5, 5.41) is 16.1. The summed E-state index contributed by atoms with van der Waals surface area (Å²) in [4.78, 5) is 13.9. The van der Waals surface area contributed by atoms with Crippen molar-refractivity contribution >= 4 is 23.2 Å². The second-order valence-electron chi connectivity index (χ2n) is 6.53. The van der Waals surface area contributed by atoms with Gasteiger partial charge in [-0.25, -0.2) is 0 Å². The third-order valence-corrected chi connectivity index (χ3v) is 4.70. The Morgan fingerprint density at radius 3 is 2.37 bits per heavy atom. The van der Waals surface area contributed by atoms with E-state index in [1.807, 2.05) is 24.3 Å². The molecule has 0 aliphatic heterocycles. The maximum absolute atomic E-state index is 12.4. The molecule has 3 aromatic carbocycles. The van der Waals surface area contributed by atoms with Gasteiger partial charge in [-0.15, -0.1) is 10.2 Å². The van der Waals surface area contributed by atoms with Gasteiger partial charge < -0.3 is 10.1 Å². The monoisotopic (exact) mass is 419 g/mol. The quantitative estimate of drug-likeness (QED) is 0.503. The molecule has 0 spiro atoms. The molecule has 0 radical (unpaired) electrons. The van der Waals surface area contributed by atoms with Gasteiger partial charge in [-0.05, 0) is 71.4 Å². The highest BCUT2D eigenvalue weighted by atomic mass is 35.5. The summed E-state index contributed by atoms with van der Waals surface area (Å²) in [6, 6.07) is 21.7. The number of aromatic nitrogens is 4. The van der Waals surface area contributed by atoms with Crippen LogP contribution in [-0.2, 0) is 6.54 Å². The number of carbonyl (C=O) groups excluding carboxylic acids is 1. The number of carbonyl (C=O) groups is 1. The molecule has 0 aliphatic rings. The molecule has 30 heavy (non-hydrogen) atoms. The standard InChI is InChI=1S/C22H18ClN5O2/c1-30-20-12-10-19(11-13-20)24-22(29)17-4-2-15(3-5-17)14-28-26-21(25-27-28)16-6-8-18(23)9-7-16/h2-13H,14H2,1H3,(H,24,29). The molecular weight excluding hydrogens is 402 g/mol. The Hall–Kier alpha value is -3.71. The smallest absolute Gasteiger partial charge is 0.255 e. The van der Waals surface area contributed by atoms with Crippen LogP contribution in [0.3, 0.4) is 0 Å². The number of halogens is 1. The Bertz CT molecular complexity index is 1140. The lowest BCUT2D eigenvalue weighted by molar-refractivity contribution is 0.102.